The smallest absolute Gasteiger partial charge is 0.257 e. The van der Waals surface area contributed by atoms with Crippen LogP contribution in [0.1, 0.15) is 15.9 Å². The molecule has 0 radical (unpaired) electrons. The minimum Gasteiger partial charge on any atom is -0.331 e. The fourth-order valence-corrected chi connectivity index (χ4v) is 1.90. The van der Waals surface area contributed by atoms with E-state index in [1.165, 1.54) is 6.20 Å². The zero-order valence-electron chi connectivity index (χ0n) is 10.7. The van der Waals surface area contributed by atoms with Gasteiger partial charge in [0.1, 0.15) is 5.15 Å². The Morgan fingerprint density at radius 2 is 2.10 bits per heavy atom. The van der Waals surface area contributed by atoms with Gasteiger partial charge in [0, 0.05) is 5.56 Å². The summed E-state index contributed by atoms with van der Waals surface area (Å²) < 4.78 is 0. The van der Waals surface area contributed by atoms with Crippen molar-refractivity contribution in [3.63, 3.8) is 0 Å². The lowest BCUT2D eigenvalue weighted by Gasteiger charge is -2.09. The molecule has 0 saturated heterocycles. The second-order valence-electron chi connectivity index (χ2n) is 4.15. The van der Waals surface area contributed by atoms with Crippen LogP contribution in [0.2, 0.25) is 5.15 Å². The van der Waals surface area contributed by atoms with Crippen LogP contribution in [0.5, 0.6) is 0 Å². The summed E-state index contributed by atoms with van der Waals surface area (Å²) >= 11 is 10.8. The summed E-state index contributed by atoms with van der Waals surface area (Å²) in [4.78, 5) is 15.9. The Balaban J connectivity index is 1.97. The maximum absolute atomic E-state index is 12.0. The molecule has 0 fully saturated rings. The molecule has 0 bridgehead atoms. The molecule has 1 amide bonds. The number of rotatable bonds is 2. The molecule has 0 saturated carbocycles. The van der Waals surface area contributed by atoms with E-state index in [2.05, 4.69) is 15.6 Å². The van der Waals surface area contributed by atoms with Crippen LogP contribution in [0.3, 0.4) is 0 Å². The van der Waals surface area contributed by atoms with E-state index in [1.54, 1.807) is 24.3 Å². The molecule has 6 heteroatoms. The quantitative estimate of drug-likeness (QED) is 0.661. The van der Waals surface area contributed by atoms with E-state index < -0.39 is 0 Å². The fourth-order valence-electron chi connectivity index (χ4n) is 1.57. The van der Waals surface area contributed by atoms with E-state index in [0.717, 1.165) is 5.56 Å². The first-order valence-electron chi connectivity index (χ1n) is 5.85. The van der Waals surface area contributed by atoms with Crippen LogP contribution in [0.15, 0.2) is 42.6 Å². The van der Waals surface area contributed by atoms with Gasteiger partial charge in [-0.05, 0) is 43.4 Å². The molecular formula is C14H12ClN3OS. The molecule has 0 aliphatic heterocycles. The summed E-state index contributed by atoms with van der Waals surface area (Å²) in [5.41, 5.74) is 2.23. The van der Waals surface area contributed by atoms with Gasteiger partial charge in [0.15, 0.2) is 5.11 Å². The van der Waals surface area contributed by atoms with Crippen molar-refractivity contribution >= 4 is 40.5 Å². The molecule has 1 aromatic heterocycles. The van der Waals surface area contributed by atoms with Crippen molar-refractivity contribution in [1.82, 2.24) is 10.3 Å². The molecule has 4 nitrogen and oxygen atoms in total. The summed E-state index contributed by atoms with van der Waals surface area (Å²) in [6.45, 7) is 1.92. The van der Waals surface area contributed by atoms with E-state index in [1.807, 2.05) is 19.1 Å². The van der Waals surface area contributed by atoms with E-state index >= 15 is 0 Å². The van der Waals surface area contributed by atoms with Crippen LogP contribution in [0, 0.1) is 6.92 Å². The Bertz CT molecular complexity index is 643. The Morgan fingerprint density at radius 1 is 1.30 bits per heavy atom. The van der Waals surface area contributed by atoms with Crippen molar-refractivity contribution in [2.45, 2.75) is 6.92 Å². The second kappa shape index (κ2) is 6.45. The number of carbonyl (C=O) groups excluding carboxylic acids is 1. The Hall–Kier alpha value is -1.98. The fraction of sp³-hybridized carbons (Fsp3) is 0.0714. The lowest BCUT2D eigenvalue weighted by molar-refractivity contribution is 0.0977. The number of nitrogens with one attached hydrogen (secondary N) is 2. The number of thiocarbonyl (C=S) groups is 1. The molecule has 1 heterocycles. The molecule has 1 aromatic carbocycles. The highest BCUT2D eigenvalue weighted by Gasteiger charge is 2.08. The Kier molecular flexibility index (Phi) is 4.65. The molecule has 2 N–H and O–H groups in total. The van der Waals surface area contributed by atoms with Crippen LogP contribution in [-0.2, 0) is 0 Å². The SMILES string of the molecule is Cc1cccc(C(=O)NC(=S)Nc2ccc(Cl)nc2)c1. The number of nitrogens with zero attached hydrogens (tertiary/aromatic N) is 1. The van der Waals surface area contributed by atoms with Gasteiger partial charge in [-0.25, -0.2) is 4.98 Å². The summed E-state index contributed by atoms with van der Waals surface area (Å²) in [6, 6.07) is 10.6. The number of halogens is 1. The highest BCUT2D eigenvalue weighted by atomic mass is 35.5. The number of pyridine rings is 1. The molecule has 0 atom stereocenters. The van der Waals surface area contributed by atoms with Crippen molar-refractivity contribution in [3.8, 4) is 0 Å². The second-order valence-corrected chi connectivity index (χ2v) is 4.94. The van der Waals surface area contributed by atoms with E-state index in [0.29, 0.717) is 16.4 Å². The Morgan fingerprint density at radius 3 is 2.75 bits per heavy atom. The maximum atomic E-state index is 12.0. The molecule has 2 rings (SSSR count). The lowest BCUT2D eigenvalue weighted by atomic mass is 10.1. The third-order valence-electron chi connectivity index (χ3n) is 2.49. The number of anilines is 1. The van der Waals surface area contributed by atoms with Gasteiger partial charge in [-0.3, -0.25) is 10.1 Å². The molecule has 0 spiro atoms. The van der Waals surface area contributed by atoms with Crippen molar-refractivity contribution < 1.29 is 4.79 Å². The highest BCUT2D eigenvalue weighted by Crippen LogP contribution is 2.09. The van der Waals surface area contributed by atoms with Gasteiger partial charge in [0.25, 0.3) is 5.91 Å². The first-order chi connectivity index (χ1) is 9.54. The largest absolute Gasteiger partial charge is 0.331 e. The third-order valence-corrected chi connectivity index (χ3v) is 2.92. The standard InChI is InChI=1S/C14H12ClN3OS/c1-9-3-2-4-10(7-9)13(19)18-14(20)17-11-5-6-12(15)16-8-11/h2-8H,1H3,(H2,17,18,19,20). The zero-order chi connectivity index (χ0) is 14.5. The predicted octanol–water partition coefficient (Wildman–Crippen LogP) is 3.17. The maximum Gasteiger partial charge on any atom is 0.257 e. The van der Waals surface area contributed by atoms with E-state index in [9.17, 15) is 4.79 Å². The van der Waals surface area contributed by atoms with Crippen LogP contribution >= 0.6 is 23.8 Å². The van der Waals surface area contributed by atoms with E-state index in [4.69, 9.17) is 23.8 Å². The average molecular weight is 306 g/mol. The van der Waals surface area contributed by atoms with Crippen LogP contribution in [0.4, 0.5) is 5.69 Å². The van der Waals surface area contributed by atoms with Crippen LogP contribution < -0.4 is 10.6 Å². The minimum absolute atomic E-state index is 0.209. The number of aryl methyl sites for hydroxylation is 1. The average Bonchev–Trinajstić information content (AvgIpc) is 2.41. The highest BCUT2D eigenvalue weighted by molar-refractivity contribution is 7.80. The van der Waals surface area contributed by atoms with Gasteiger partial charge in [0.2, 0.25) is 0 Å². The minimum atomic E-state index is -0.256. The number of carbonyl (C=O) groups is 1. The molecule has 20 heavy (non-hydrogen) atoms. The normalized spacial score (nSPS) is 9.90. The summed E-state index contributed by atoms with van der Waals surface area (Å²) in [5, 5.41) is 6.07. The summed E-state index contributed by atoms with van der Waals surface area (Å²) in [6.07, 6.45) is 1.54. The van der Waals surface area contributed by atoms with Gasteiger partial charge in [0.05, 0.1) is 11.9 Å². The van der Waals surface area contributed by atoms with Crippen molar-refractivity contribution in [2.75, 3.05) is 5.32 Å². The molecule has 2 aromatic rings. The number of hydrogen-bond donors (Lipinski definition) is 2. The first-order valence-corrected chi connectivity index (χ1v) is 6.64. The molecule has 102 valence electrons. The third kappa shape index (κ3) is 4.01. The van der Waals surface area contributed by atoms with Gasteiger partial charge < -0.3 is 5.32 Å². The van der Waals surface area contributed by atoms with Gasteiger partial charge >= 0.3 is 0 Å². The number of hydrogen-bond acceptors (Lipinski definition) is 3. The number of amides is 1. The summed E-state index contributed by atoms with van der Waals surface area (Å²) in [7, 11) is 0. The monoisotopic (exact) mass is 305 g/mol. The van der Waals surface area contributed by atoms with E-state index in [-0.39, 0.29) is 11.0 Å². The van der Waals surface area contributed by atoms with Gasteiger partial charge in [-0.15, -0.1) is 0 Å². The zero-order valence-corrected chi connectivity index (χ0v) is 12.3. The molecular weight excluding hydrogens is 294 g/mol. The number of benzene rings is 1. The topological polar surface area (TPSA) is 54.0 Å². The van der Waals surface area contributed by atoms with Crippen LogP contribution in [0.25, 0.3) is 0 Å². The molecule has 0 aliphatic carbocycles. The lowest BCUT2D eigenvalue weighted by Crippen LogP contribution is -2.34. The van der Waals surface area contributed by atoms with Crippen molar-refractivity contribution in [3.05, 3.63) is 58.9 Å². The van der Waals surface area contributed by atoms with Gasteiger partial charge in [-0.2, -0.15) is 0 Å². The number of aromatic nitrogens is 1. The van der Waals surface area contributed by atoms with Crippen LogP contribution in [-0.4, -0.2) is 16.0 Å². The predicted molar refractivity (Wildman–Crippen MR) is 84.1 cm³/mol. The first kappa shape index (κ1) is 14.4. The van der Waals surface area contributed by atoms with Gasteiger partial charge in [-0.1, -0.05) is 29.3 Å². The summed E-state index contributed by atoms with van der Waals surface area (Å²) in [5.74, 6) is -0.256. The molecule has 0 unspecified atom stereocenters. The van der Waals surface area contributed by atoms with Crippen molar-refractivity contribution in [1.29, 1.82) is 0 Å². The Labute approximate surface area is 127 Å². The van der Waals surface area contributed by atoms with Crippen molar-refractivity contribution in [2.24, 2.45) is 0 Å². The molecule has 0 aliphatic rings.